The maximum atomic E-state index is 12.4. The number of amides is 1. The molecule has 1 amide bonds. The van der Waals surface area contributed by atoms with Crippen LogP contribution in [0.2, 0.25) is 0 Å². The van der Waals surface area contributed by atoms with E-state index in [1.807, 2.05) is 38.1 Å². The first-order valence-electron chi connectivity index (χ1n) is 8.51. The second-order valence-electron chi connectivity index (χ2n) is 6.45. The molecule has 1 unspecified atom stereocenters. The van der Waals surface area contributed by atoms with E-state index < -0.39 is 0 Å². The van der Waals surface area contributed by atoms with Crippen LogP contribution in [0, 0.1) is 19.8 Å². The van der Waals surface area contributed by atoms with Crippen LogP contribution in [0.3, 0.4) is 0 Å². The molecule has 1 N–H and O–H groups in total. The number of ether oxygens (including phenoxy) is 1. The standard InChI is InChI=1S/C19H24N2O3S/c1-12-17(13(2)24-21-12)10-25-11-18(22)20-19(14-4-5-14)15-6-8-16(23-3)9-7-15/h6-9,14,19H,4-5,10-11H2,1-3H3,(H,20,22). The lowest BCUT2D eigenvalue weighted by atomic mass is 10.0. The van der Waals surface area contributed by atoms with Gasteiger partial charge < -0.3 is 14.6 Å². The van der Waals surface area contributed by atoms with Crippen molar-refractivity contribution in [3.8, 4) is 5.75 Å². The van der Waals surface area contributed by atoms with Crippen molar-refractivity contribution < 1.29 is 14.1 Å². The lowest BCUT2D eigenvalue weighted by Gasteiger charge is -2.19. The van der Waals surface area contributed by atoms with Crippen LogP contribution in [-0.4, -0.2) is 23.9 Å². The topological polar surface area (TPSA) is 64.4 Å². The number of methoxy groups -OCH3 is 1. The first kappa shape index (κ1) is 17.9. The normalized spacial score (nSPS) is 15.0. The molecule has 0 bridgehead atoms. The van der Waals surface area contributed by atoms with Crippen molar-refractivity contribution in [2.24, 2.45) is 5.92 Å². The van der Waals surface area contributed by atoms with E-state index >= 15 is 0 Å². The van der Waals surface area contributed by atoms with Crippen molar-refractivity contribution in [2.75, 3.05) is 12.9 Å². The quantitative estimate of drug-likeness (QED) is 0.776. The Kier molecular flexibility index (Phi) is 5.68. The van der Waals surface area contributed by atoms with Gasteiger partial charge in [0, 0.05) is 11.3 Å². The summed E-state index contributed by atoms with van der Waals surface area (Å²) in [4.78, 5) is 12.4. The van der Waals surface area contributed by atoms with Crippen molar-refractivity contribution in [1.82, 2.24) is 10.5 Å². The number of benzene rings is 1. The van der Waals surface area contributed by atoms with Gasteiger partial charge in [-0.2, -0.15) is 0 Å². The first-order valence-corrected chi connectivity index (χ1v) is 9.66. The van der Waals surface area contributed by atoms with E-state index in [1.54, 1.807) is 18.9 Å². The third-order valence-electron chi connectivity index (χ3n) is 4.55. The molecule has 1 aromatic heterocycles. The molecule has 0 radical (unpaired) electrons. The second-order valence-corrected chi connectivity index (χ2v) is 7.44. The number of nitrogens with zero attached hydrogens (tertiary/aromatic N) is 1. The summed E-state index contributed by atoms with van der Waals surface area (Å²) in [7, 11) is 1.66. The van der Waals surface area contributed by atoms with Crippen LogP contribution in [0.5, 0.6) is 5.75 Å². The van der Waals surface area contributed by atoms with Crippen LogP contribution >= 0.6 is 11.8 Å². The van der Waals surface area contributed by atoms with E-state index in [0.29, 0.717) is 11.7 Å². The monoisotopic (exact) mass is 360 g/mol. The largest absolute Gasteiger partial charge is 0.497 e. The van der Waals surface area contributed by atoms with Gasteiger partial charge in [-0.1, -0.05) is 17.3 Å². The Labute approximate surface area is 152 Å². The molecule has 1 aliphatic rings. The number of carbonyl (C=O) groups excluding carboxylic acids is 1. The molecular formula is C19H24N2O3S. The van der Waals surface area contributed by atoms with Crippen molar-refractivity contribution >= 4 is 17.7 Å². The third-order valence-corrected chi connectivity index (χ3v) is 5.50. The highest BCUT2D eigenvalue weighted by atomic mass is 32.2. The van der Waals surface area contributed by atoms with Gasteiger partial charge in [0.15, 0.2) is 0 Å². The molecule has 1 heterocycles. The summed E-state index contributed by atoms with van der Waals surface area (Å²) in [6.45, 7) is 3.84. The zero-order valence-electron chi connectivity index (χ0n) is 14.9. The van der Waals surface area contributed by atoms with E-state index in [9.17, 15) is 4.79 Å². The summed E-state index contributed by atoms with van der Waals surface area (Å²) in [6, 6.07) is 8.07. The molecule has 6 heteroatoms. The molecule has 25 heavy (non-hydrogen) atoms. The Morgan fingerprint density at radius 3 is 2.64 bits per heavy atom. The van der Waals surface area contributed by atoms with E-state index in [2.05, 4.69) is 10.5 Å². The van der Waals surface area contributed by atoms with Crippen LogP contribution in [-0.2, 0) is 10.5 Å². The molecule has 3 rings (SSSR count). The van der Waals surface area contributed by atoms with E-state index in [4.69, 9.17) is 9.26 Å². The van der Waals surface area contributed by atoms with Crippen LogP contribution in [0.25, 0.3) is 0 Å². The number of hydrogen-bond donors (Lipinski definition) is 1. The van der Waals surface area contributed by atoms with Crippen molar-refractivity contribution in [3.05, 3.63) is 46.8 Å². The zero-order valence-corrected chi connectivity index (χ0v) is 15.7. The number of hydrogen-bond acceptors (Lipinski definition) is 5. The maximum absolute atomic E-state index is 12.4. The Hall–Kier alpha value is -1.95. The van der Waals surface area contributed by atoms with Gasteiger partial charge in [-0.05, 0) is 50.3 Å². The molecule has 0 aliphatic heterocycles. The number of carbonyl (C=O) groups is 1. The molecular weight excluding hydrogens is 336 g/mol. The van der Waals surface area contributed by atoms with Crippen molar-refractivity contribution in [2.45, 2.75) is 38.5 Å². The summed E-state index contributed by atoms with van der Waals surface area (Å²) in [5.41, 5.74) is 3.14. The van der Waals surface area contributed by atoms with Gasteiger partial charge in [0.2, 0.25) is 5.91 Å². The Morgan fingerprint density at radius 2 is 2.08 bits per heavy atom. The van der Waals surface area contributed by atoms with Crippen LogP contribution in [0.15, 0.2) is 28.8 Å². The molecule has 1 saturated carbocycles. The number of aryl methyl sites for hydroxylation is 2. The summed E-state index contributed by atoms with van der Waals surface area (Å²) in [5, 5.41) is 7.15. The SMILES string of the molecule is COc1ccc(C(NC(=O)CSCc2c(C)noc2C)C2CC2)cc1. The minimum absolute atomic E-state index is 0.0736. The smallest absolute Gasteiger partial charge is 0.230 e. The first-order chi connectivity index (χ1) is 12.1. The molecule has 1 aromatic carbocycles. The molecule has 2 aromatic rings. The zero-order chi connectivity index (χ0) is 17.8. The van der Waals surface area contributed by atoms with Gasteiger partial charge in [0.25, 0.3) is 0 Å². The van der Waals surface area contributed by atoms with Gasteiger partial charge >= 0.3 is 0 Å². The molecule has 5 nitrogen and oxygen atoms in total. The highest BCUT2D eigenvalue weighted by Gasteiger charge is 2.33. The molecule has 1 fully saturated rings. The van der Waals surface area contributed by atoms with Crippen molar-refractivity contribution in [3.63, 3.8) is 0 Å². The lowest BCUT2D eigenvalue weighted by Crippen LogP contribution is -2.31. The highest BCUT2D eigenvalue weighted by Crippen LogP contribution is 2.41. The number of nitrogens with one attached hydrogen (secondary N) is 1. The van der Waals surface area contributed by atoms with Gasteiger partial charge in [0.1, 0.15) is 11.5 Å². The predicted octanol–water partition coefficient (Wildman–Crippen LogP) is 3.80. The average Bonchev–Trinajstić information content (AvgIpc) is 3.41. The van der Waals surface area contributed by atoms with E-state index in [-0.39, 0.29) is 11.9 Å². The van der Waals surface area contributed by atoms with Crippen LogP contribution in [0.1, 0.15) is 41.5 Å². The number of rotatable bonds is 8. The van der Waals surface area contributed by atoms with Gasteiger partial charge in [0.05, 0.1) is 24.6 Å². The number of aromatic nitrogens is 1. The lowest BCUT2D eigenvalue weighted by molar-refractivity contribution is -0.119. The molecule has 0 spiro atoms. The minimum atomic E-state index is 0.0736. The molecule has 1 atom stereocenters. The number of thioether (sulfide) groups is 1. The summed E-state index contributed by atoms with van der Waals surface area (Å²) < 4.78 is 10.4. The summed E-state index contributed by atoms with van der Waals surface area (Å²) in [6.07, 6.45) is 2.34. The maximum Gasteiger partial charge on any atom is 0.230 e. The molecule has 0 saturated heterocycles. The summed E-state index contributed by atoms with van der Waals surface area (Å²) in [5.74, 6) is 3.46. The van der Waals surface area contributed by atoms with Gasteiger partial charge in [-0.15, -0.1) is 11.8 Å². The highest BCUT2D eigenvalue weighted by molar-refractivity contribution is 7.99. The summed E-state index contributed by atoms with van der Waals surface area (Å²) >= 11 is 1.59. The Balaban J connectivity index is 1.54. The van der Waals surface area contributed by atoms with Gasteiger partial charge in [-0.25, -0.2) is 0 Å². The van der Waals surface area contributed by atoms with Crippen LogP contribution in [0.4, 0.5) is 0 Å². The van der Waals surface area contributed by atoms with E-state index in [0.717, 1.165) is 34.1 Å². The van der Waals surface area contributed by atoms with Crippen LogP contribution < -0.4 is 10.1 Å². The fourth-order valence-corrected chi connectivity index (χ4v) is 3.87. The minimum Gasteiger partial charge on any atom is -0.497 e. The Morgan fingerprint density at radius 1 is 1.36 bits per heavy atom. The second kappa shape index (κ2) is 7.95. The fraction of sp³-hybridized carbons (Fsp3) is 0.474. The molecule has 1 aliphatic carbocycles. The van der Waals surface area contributed by atoms with Gasteiger partial charge in [-0.3, -0.25) is 4.79 Å². The van der Waals surface area contributed by atoms with Crippen molar-refractivity contribution in [1.29, 1.82) is 0 Å². The predicted molar refractivity (Wildman–Crippen MR) is 98.7 cm³/mol. The van der Waals surface area contributed by atoms with E-state index in [1.165, 1.54) is 12.8 Å². The third kappa shape index (κ3) is 4.57. The molecule has 134 valence electrons. The average molecular weight is 360 g/mol. The fourth-order valence-electron chi connectivity index (χ4n) is 2.88. The Bertz CT molecular complexity index is 703.